The summed E-state index contributed by atoms with van der Waals surface area (Å²) in [5.74, 6) is 0.749. The first-order valence-electron chi connectivity index (χ1n) is 9.05. The maximum atomic E-state index is 12.5. The number of unbranched alkanes of at least 4 members (excludes halogenated alkanes) is 2. The van der Waals surface area contributed by atoms with E-state index in [9.17, 15) is 8.42 Å². The van der Waals surface area contributed by atoms with Crippen LogP contribution in [0.4, 0.5) is 11.5 Å². The summed E-state index contributed by atoms with van der Waals surface area (Å²) in [7, 11) is -3.62. The highest BCUT2D eigenvalue weighted by atomic mass is 32.2. The molecule has 6 heteroatoms. The van der Waals surface area contributed by atoms with Crippen molar-refractivity contribution in [2.24, 2.45) is 0 Å². The number of nitrogens with zero attached hydrogens (tertiary/aromatic N) is 1. The van der Waals surface area contributed by atoms with E-state index < -0.39 is 10.0 Å². The highest BCUT2D eigenvalue weighted by Gasteiger charge is 2.17. The molecule has 2 N–H and O–H groups in total. The van der Waals surface area contributed by atoms with Gasteiger partial charge in [0.05, 0.1) is 16.8 Å². The minimum absolute atomic E-state index is 0.0143. The van der Waals surface area contributed by atoms with Gasteiger partial charge in [0.25, 0.3) is 10.0 Å². The van der Waals surface area contributed by atoms with Crippen LogP contribution in [0.25, 0.3) is 0 Å². The molecule has 0 atom stereocenters. The third-order valence-corrected chi connectivity index (χ3v) is 5.53. The molecule has 26 heavy (non-hydrogen) atoms. The van der Waals surface area contributed by atoms with Crippen molar-refractivity contribution in [1.82, 2.24) is 4.98 Å². The van der Waals surface area contributed by atoms with Gasteiger partial charge in [-0.05, 0) is 41.7 Å². The molecule has 0 amide bonds. The Kier molecular flexibility index (Phi) is 6.64. The van der Waals surface area contributed by atoms with Crippen molar-refractivity contribution in [1.29, 1.82) is 0 Å². The summed E-state index contributed by atoms with van der Waals surface area (Å²) in [5, 5.41) is 3.23. The molecule has 1 aromatic carbocycles. The molecule has 0 saturated heterocycles. The summed E-state index contributed by atoms with van der Waals surface area (Å²) >= 11 is 0. The molecular weight excluding hydrogens is 346 g/mol. The van der Waals surface area contributed by atoms with E-state index in [0.717, 1.165) is 24.3 Å². The molecule has 1 heterocycles. The standard InChI is InChI=1S/C20H29N3O2S/c1-5-6-7-14-21-19-13-10-17(15-22-19)23-26(24,25)18-11-8-16(9-12-18)20(2,3)4/h8-13,15,23H,5-7,14H2,1-4H3,(H,21,22). The lowest BCUT2D eigenvalue weighted by molar-refractivity contribution is 0.587. The van der Waals surface area contributed by atoms with Crippen molar-refractivity contribution in [2.45, 2.75) is 57.3 Å². The Bertz CT molecular complexity index is 792. The lowest BCUT2D eigenvalue weighted by atomic mass is 9.87. The average molecular weight is 376 g/mol. The van der Waals surface area contributed by atoms with Gasteiger partial charge in [0, 0.05) is 6.54 Å². The van der Waals surface area contributed by atoms with Crippen molar-refractivity contribution >= 4 is 21.5 Å². The third-order valence-electron chi connectivity index (χ3n) is 4.13. The van der Waals surface area contributed by atoms with Gasteiger partial charge in [-0.2, -0.15) is 0 Å². The molecule has 5 nitrogen and oxygen atoms in total. The molecule has 0 saturated carbocycles. The summed E-state index contributed by atoms with van der Waals surface area (Å²) < 4.78 is 27.7. The first-order valence-corrected chi connectivity index (χ1v) is 10.5. The van der Waals surface area contributed by atoms with Crippen LogP contribution in [-0.4, -0.2) is 19.9 Å². The maximum absolute atomic E-state index is 12.5. The molecule has 142 valence electrons. The normalized spacial score (nSPS) is 12.0. The predicted molar refractivity (Wildman–Crippen MR) is 108 cm³/mol. The number of rotatable bonds is 8. The van der Waals surface area contributed by atoms with Crippen LogP contribution in [0.1, 0.15) is 52.5 Å². The molecule has 0 spiro atoms. The van der Waals surface area contributed by atoms with E-state index in [1.165, 1.54) is 19.0 Å². The van der Waals surface area contributed by atoms with E-state index in [0.29, 0.717) is 5.69 Å². The van der Waals surface area contributed by atoms with Crippen LogP contribution in [0, 0.1) is 0 Å². The van der Waals surface area contributed by atoms with Crippen LogP contribution >= 0.6 is 0 Å². The van der Waals surface area contributed by atoms with Crippen LogP contribution in [0.2, 0.25) is 0 Å². The number of hydrogen-bond acceptors (Lipinski definition) is 4. The second kappa shape index (κ2) is 8.54. The summed E-state index contributed by atoms with van der Waals surface area (Å²) in [6.45, 7) is 9.32. The Morgan fingerprint density at radius 1 is 1.00 bits per heavy atom. The third kappa shape index (κ3) is 5.73. The van der Waals surface area contributed by atoms with Crippen molar-refractivity contribution in [3.63, 3.8) is 0 Å². The van der Waals surface area contributed by atoms with Gasteiger partial charge in [0.2, 0.25) is 0 Å². The Labute approximate surface area is 157 Å². The molecule has 0 aliphatic carbocycles. The van der Waals surface area contributed by atoms with E-state index in [4.69, 9.17) is 0 Å². The van der Waals surface area contributed by atoms with Crippen LogP contribution < -0.4 is 10.0 Å². The summed E-state index contributed by atoms with van der Waals surface area (Å²) in [5.41, 5.74) is 1.53. The van der Waals surface area contributed by atoms with E-state index in [2.05, 4.69) is 42.7 Å². The van der Waals surface area contributed by atoms with Gasteiger partial charge >= 0.3 is 0 Å². The number of sulfonamides is 1. The van der Waals surface area contributed by atoms with E-state index in [1.807, 2.05) is 12.1 Å². The second-order valence-corrected chi connectivity index (χ2v) is 9.13. The molecule has 0 bridgehead atoms. The molecule has 0 unspecified atom stereocenters. The van der Waals surface area contributed by atoms with Gasteiger partial charge < -0.3 is 5.32 Å². The topological polar surface area (TPSA) is 71.1 Å². The Morgan fingerprint density at radius 2 is 1.69 bits per heavy atom. The molecular formula is C20H29N3O2S. The van der Waals surface area contributed by atoms with Crippen molar-refractivity contribution in [2.75, 3.05) is 16.6 Å². The highest BCUT2D eigenvalue weighted by Crippen LogP contribution is 2.24. The zero-order chi connectivity index (χ0) is 19.2. The Morgan fingerprint density at radius 3 is 2.23 bits per heavy atom. The fraction of sp³-hybridized carbons (Fsp3) is 0.450. The number of anilines is 2. The van der Waals surface area contributed by atoms with Crippen molar-refractivity contribution < 1.29 is 8.42 Å². The van der Waals surface area contributed by atoms with Gasteiger partial charge in [0.15, 0.2) is 0 Å². The number of hydrogen-bond donors (Lipinski definition) is 2. The second-order valence-electron chi connectivity index (χ2n) is 7.45. The van der Waals surface area contributed by atoms with E-state index in [-0.39, 0.29) is 10.3 Å². The molecule has 2 rings (SSSR count). The first-order chi connectivity index (χ1) is 12.2. The van der Waals surface area contributed by atoms with Crippen molar-refractivity contribution in [3.05, 3.63) is 48.2 Å². The fourth-order valence-electron chi connectivity index (χ4n) is 2.50. The van der Waals surface area contributed by atoms with Crippen LogP contribution in [-0.2, 0) is 15.4 Å². The first kappa shape index (κ1) is 20.2. The average Bonchev–Trinajstić information content (AvgIpc) is 2.59. The molecule has 2 aromatic rings. The van der Waals surface area contributed by atoms with E-state index in [1.54, 1.807) is 24.3 Å². The summed E-state index contributed by atoms with van der Waals surface area (Å²) in [6, 6.07) is 10.5. The molecule has 0 radical (unpaired) electrons. The monoisotopic (exact) mass is 375 g/mol. The van der Waals surface area contributed by atoms with Gasteiger partial charge in [-0.25, -0.2) is 13.4 Å². The Hall–Kier alpha value is -2.08. The summed E-state index contributed by atoms with van der Waals surface area (Å²) in [6.07, 6.45) is 4.98. The predicted octanol–water partition coefficient (Wildman–Crippen LogP) is 4.78. The van der Waals surface area contributed by atoms with Gasteiger partial charge in [-0.15, -0.1) is 0 Å². The minimum atomic E-state index is -3.62. The number of aromatic nitrogens is 1. The molecule has 0 fully saturated rings. The Balaban J connectivity index is 2.02. The fourth-order valence-corrected chi connectivity index (χ4v) is 3.54. The van der Waals surface area contributed by atoms with E-state index >= 15 is 0 Å². The zero-order valence-corrected chi connectivity index (χ0v) is 16.9. The largest absolute Gasteiger partial charge is 0.370 e. The van der Waals surface area contributed by atoms with Gasteiger partial charge in [-0.3, -0.25) is 4.72 Å². The molecule has 1 aromatic heterocycles. The smallest absolute Gasteiger partial charge is 0.261 e. The molecule has 0 aliphatic heterocycles. The quantitative estimate of drug-likeness (QED) is 0.651. The highest BCUT2D eigenvalue weighted by molar-refractivity contribution is 7.92. The lowest BCUT2D eigenvalue weighted by Gasteiger charge is -2.19. The minimum Gasteiger partial charge on any atom is -0.370 e. The zero-order valence-electron chi connectivity index (χ0n) is 16.0. The molecule has 0 aliphatic rings. The summed E-state index contributed by atoms with van der Waals surface area (Å²) in [4.78, 5) is 4.51. The SMILES string of the molecule is CCCCCNc1ccc(NS(=O)(=O)c2ccc(C(C)(C)C)cc2)cn1. The van der Waals surface area contributed by atoms with Crippen molar-refractivity contribution in [3.8, 4) is 0 Å². The van der Waals surface area contributed by atoms with Crippen LogP contribution in [0.3, 0.4) is 0 Å². The number of nitrogens with one attached hydrogen (secondary N) is 2. The van der Waals surface area contributed by atoms with Gasteiger partial charge in [-0.1, -0.05) is 52.7 Å². The number of pyridine rings is 1. The lowest BCUT2D eigenvalue weighted by Crippen LogP contribution is -2.15. The van der Waals surface area contributed by atoms with Gasteiger partial charge in [0.1, 0.15) is 5.82 Å². The van der Waals surface area contributed by atoms with Crippen LogP contribution in [0.15, 0.2) is 47.5 Å². The maximum Gasteiger partial charge on any atom is 0.261 e. The number of benzene rings is 1. The van der Waals surface area contributed by atoms with Crippen LogP contribution in [0.5, 0.6) is 0 Å².